The molecule has 118 valence electrons. The van der Waals surface area contributed by atoms with Gasteiger partial charge in [-0.15, -0.1) is 11.3 Å². The van der Waals surface area contributed by atoms with Crippen molar-refractivity contribution >= 4 is 28.0 Å². The number of fused-ring (bicyclic) bond motifs is 1. The first-order valence-corrected chi connectivity index (χ1v) is 9.13. The third-order valence-corrected chi connectivity index (χ3v) is 6.08. The van der Waals surface area contributed by atoms with Gasteiger partial charge in [0.15, 0.2) is 0 Å². The minimum absolute atomic E-state index is 0.0104. The predicted molar refractivity (Wildman–Crippen MR) is 94.2 cm³/mol. The lowest BCUT2D eigenvalue weighted by Gasteiger charge is -2.26. The molecule has 0 bridgehead atoms. The molecule has 2 aromatic heterocycles. The van der Waals surface area contributed by atoms with Crippen LogP contribution in [-0.4, -0.2) is 23.4 Å². The number of thiophene rings is 1. The van der Waals surface area contributed by atoms with Crippen molar-refractivity contribution in [2.24, 2.45) is 0 Å². The second-order valence-corrected chi connectivity index (χ2v) is 7.35. The number of quaternary nitrogens is 1. The van der Waals surface area contributed by atoms with Crippen molar-refractivity contribution in [1.29, 1.82) is 0 Å². The van der Waals surface area contributed by atoms with E-state index in [1.165, 1.54) is 22.6 Å². The summed E-state index contributed by atoms with van der Waals surface area (Å²) in [5, 5.41) is 3.17. The van der Waals surface area contributed by atoms with E-state index in [0.29, 0.717) is 6.04 Å². The fourth-order valence-electron chi connectivity index (χ4n) is 3.88. The van der Waals surface area contributed by atoms with Crippen LogP contribution in [0.2, 0.25) is 0 Å². The van der Waals surface area contributed by atoms with E-state index >= 15 is 0 Å². The Bertz CT molecular complexity index is 821. The van der Waals surface area contributed by atoms with Crippen LogP contribution in [0.4, 0.5) is 0 Å². The highest BCUT2D eigenvalue weighted by atomic mass is 32.1. The molecule has 3 atom stereocenters. The molecular formula is C19H21N2OS+. The number of hydrogen-bond acceptors (Lipinski definition) is 2. The summed E-state index contributed by atoms with van der Waals surface area (Å²) in [5.74, 6) is 0.251. The first kappa shape index (κ1) is 14.7. The summed E-state index contributed by atoms with van der Waals surface area (Å²) < 4.78 is 0. The highest BCUT2D eigenvalue weighted by molar-refractivity contribution is 7.10. The fraction of sp³-hybridized carbons (Fsp3) is 0.316. The third kappa shape index (κ3) is 2.52. The monoisotopic (exact) mass is 325 g/mol. The van der Waals surface area contributed by atoms with Gasteiger partial charge in [-0.3, -0.25) is 4.79 Å². The van der Waals surface area contributed by atoms with Gasteiger partial charge in [0.1, 0.15) is 12.1 Å². The summed E-state index contributed by atoms with van der Waals surface area (Å²) in [7, 11) is 0. The molecule has 1 aliphatic heterocycles. The Kier molecular flexibility index (Phi) is 3.79. The van der Waals surface area contributed by atoms with Crippen LogP contribution in [0.3, 0.4) is 0 Å². The van der Waals surface area contributed by atoms with E-state index in [2.05, 4.69) is 29.4 Å². The lowest BCUT2D eigenvalue weighted by molar-refractivity contribution is -0.931. The zero-order valence-corrected chi connectivity index (χ0v) is 14.0. The molecule has 0 amide bonds. The van der Waals surface area contributed by atoms with Gasteiger partial charge in [0.2, 0.25) is 5.78 Å². The molecule has 1 aromatic carbocycles. The van der Waals surface area contributed by atoms with Gasteiger partial charge in [0.25, 0.3) is 0 Å². The first-order valence-electron chi connectivity index (χ1n) is 8.25. The number of H-pyrrole nitrogens is 1. The van der Waals surface area contributed by atoms with E-state index in [9.17, 15) is 4.79 Å². The summed E-state index contributed by atoms with van der Waals surface area (Å²) in [6, 6.07) is 12.8. The zero-order valence-electron chi connectivity index (χ0n) is 13.2. The summed E-state index contributed by atoms with van der Waals surface area (Å²) in [4.78, 5) is 19.1. The van der Waals surface area contributed by atoms with Gasteiger partial charge >= 0.3 is 0 Å². The number of hydrogen-bond donors (Lipinski definition) is 2. The summed E-state index contributed by atoms with van der Waals surface area (Å²) >= 11 is 1.81. The van der Waals surface area contributed by atoms with Crippen molar-refractivity contribution in [2.75, 3.05) is 6.54 Å². The van der Waals surface area contributed by atoms with Crippen LogP contribution in [0.25, 0.3) is 10.9 Å². The molecule has 1 aliphatic rings. The minimum Gasteiger partial charge on any atom is -0.360 e. The summed E-state index contributed by atoms with van der Waals surface area (Å²) in [6.07, 6.45) is 4.25. The van der Waals surface area contributed by atoms with Gasteiger partial charge in [-0.1, -0.05) is 24.3 Å². The van der Waals surface area contributed by atoms with Gasteiger partial charge < -0.3 is 9.88 Å². The Labute approximate surface area is 139 Å². The Hall–Kier alpha value is -1.91. The predicted octanol–water partition coefficient (Wildman–Crippen LogP) is 3.22. The minimum atomic E-state index is -0.0104. The topological polar surface area (TPSA) is 37.3 Å². The largest absolute Gasteiger partial charge is 0.360 e. The van der Waals surface area contributed by atoms with Crippen LogP contribution in [-0.2, 0) is 0 Å². The first-order chi connectivity index (χ1) is 11.3. The van der Waals surface area contributed by atoms with Crippen molar-refractivity contribution in [1.82, 2.24) is 4.98 Å². The van der Waals surface area contributed by atoms with Gasteiger partial charge in [-0.05, 0) is 24.4 Å². The van der Waals surface area contributed by atoms with E-state index < -0.39 is 0 Å². The molecule has 0 radical (unpaired) electrons. The van der Waals surface area contributed by atoms with Crippen LogP contribution in [0.15, 0.2) is 48.0 Å². The maximum absolute atomic E-state index is 13.1. The molecule has 3 aromatic rings. The smallest absolute Gasteiger partial charge is 0.221 e. The molecule has 1 fully saturated rings. The number of Topliss-reactive ketones (excluding diaryl/α,β-unsaturated/α-hetero) is 1. The Balaban J connectivity index is 1.63. The van der Waals surface area contributed by atoms with E-state index in [1.54, 1.807) is 0 Å². The van der Waals surface area contributed by atoms with E-state index in [0.717, 1.165) is 23.0 Å². The highest BCUT2D eigenvalue weighted by Crippen LogP contribution is 2.25. The molecule has 0 aliphatic carbocycles. The maximum Gasteiger partial charge on any atom is 0.221 e. The quantitative estimate of drug-likeness (QED) is 0.710. The molecule has 3 nitrogen and oxygen atoms in total. The highest BCUT2D eigenvalue weighted by Gasteiger charge is 2.38. The number of nitrogens with one attached hydrogen (secondary N) is 2. The molecule has 3 heterocycles. The molecule has 1 saturated heterocycles. The zero-order chi connectivity index (χ0) is 15.8. The average Bonchev–Trinajstić information content (AvgIpc) is 3.31. The molecule has 0 saturated carbocycles. The Morgan fingerprint density at radius 2 is 2.17 bits per heavy atom. The van der Waals surface area contributed by atoms with Crippen molar-refractivity contribution in [3.63, 3.8) is 0 Å². The SMILES string of the molecule is C[C@H](C(=O)c1c[nH]c2ccccc12)[NH+]1CCC[C@@H]1c1cccs1. The fourth-order valence-corrected chi connectivity index (χ4v) is 4.78. The standard InChI is InChI=1S/C19H20N2OS/c1-13(21-10-4-8-17(21)18-9-5-11-23-18)19(22)15-12-20-16-7-3-2-6-14(15)16/h2-3,5-7,9,11-13,17,20H,4,8,10H2,1H3/p+1/t13-,17-/m1/s1. The van der Waals surface area contributed by atoms with Gasteiger partial charge in [-0.2, -0.15) is 0 Å². The second-order valence-electron chi connectivity index (χ2n) is 6.37. The Morgan fingerprint density at radius 1 is 1.30 bits per heavy atom. The molecule has 23 heavy (non-hydrogen) atoms. The van der Waals surface area contributed by atoms with Gasteiger partial charge in [0, 0.05) is 35.5 Å². The van der Waals surface area contributed by atoms with Crippen LogP contribution in [0.5, 0.6) is 0 Å². The molecular weight excluding hydrogens is 304 g/mol. The van der Waals surface area contributed by atoms with Crippen molar-refractivity contribution in [3.8, 4) is 0 Å². The lowest BCUT2D eigenvalue weighted by atomic mass is 10.0. The number of benzene rings is 1. The molecule has 4 rings (SSSR count). The number of rotatable bonds is 4. The van der Waals surface area contributed by atoms with Crippen LogP contribution in [0.1, 0.15) is 41.0 Å². The van der Waals surface area contributed by atoms with Crippen molar-refractivity contribution in [3.05, 3.63) is 58.4 Å². The number of likely N-dealkylation sites (tertiary alicyclic amines) is 1. The van der Waals surface area contributed by atoms with E-state index in [-0.39, 0.29) is 11.8 Å². The average molecular weight is 325 g/mol. The van der Waals surface area contributed by atoms with Crippen LogP contribution < -0.4 is 4.90 Å². The van der Waals surface area contributed by atoms with E-state index in [4.69, 9.17) is 0 Å². The van der Waals surface area contributed by atoms with Gasteiger partial charge in [-0.25, -0.2) is 0 Å². The Morgan fingerprint density at radius 3 is 3.00 bits per heavy atom. The number of carbonyl (C=O) groups excluding carboxylic acids is 1. The van der Waals surface area contributed by atoms with Crippen molar-refractivity contribution < 1.29 is 9.69 Å². The van der Waals surface area contributed by atoms with E-state index in [1.807, 2.05) is 41.8 Å². The molecule has 0 spiro atoms. The van der Waals surface area contributed by atoms with Crippen LogP contribution >= 0.6 is 11.3 Å². The molecule has 1 unspecified atom stereocenters. The summed E-state index contributed by atoms with van der Waals surface area (Å²) in [5.41, 5.74) is 1.87. The number of ketones is 1. The summed E-state index contributed by atoms with van der Waals surface area (Å²) in [6.45, 7) is 3.17. The third-order valence-electron chi connectivity index (χ3n) is 5.10. The normalized spacial score (nSPS) is 22.5. The maximum atomic E-state index is 13.1. The van der Waals surface area contributed by atoms with Crippen molar-refractivity contribution in [2.45, 2.75) is 31.8 Å². The number of para-hydroxylation sites is 1. The molecule has 4 heteroatoms. The number of aromatic nitrogens is 1. The second kappa shape index (κ2) is 5.95. The lowest BCUT2D eigenvalue weighted by Crippen LogP contribution is -3.14. The van der Waals surface area contributed by atoms with Crippen LogP contribution in [0, 0.1) is 0 Å². The molecule has 2 N–H and O–H groups in total. The number of aromatic amines is 1. The number of carbonyl (C=O) groups is 1. The van der Waals surface area contributed by atoms with Gasteiger partial charge in [0.05, 0.1) is 11.4 Å².